The molecule has 0 N–H and O–H groups in total. The van der Waals surface area contributed by atoms with E-state index in [9.17, 15) is 4.79 Å². The molecule has 1 aliphatic heterocycles. The number of ether oxygens (including phenoxy) is 1. The molecule has 3 nitrogen and oxygen atoms in total. The minimum absolute atomic E-state index is 0.182. The van der Waals surface area contributed by atoms with E-state index in [0.29, 0.717) is 5.75 Å². The van der Waals surface area contributed by atoms with Gasteiger partial charge in [0.2, 0.25) is 5.91 Å². The molecule has 2 fully saturated rings. The van der Waals surface area contributed by atoms with Crippen LogP contribution in [-0.4, -0.2) is 28.7 Å². The fourth-order valence-electron chi connectivity index (χ4n) is 2.56. The summed E-state index contributed by atoms with van der Waals surface area (Å²) in [7, 11) is 0. The molecule has 1 aromatic carbocycles. The monoisotopic (exact) mass is 305 g/mol. The SMILES string of the molecule is CC(C)(C)Oc1ccc(C2SCC(=O)N2CC2CC2)cc1. The van der Waals surface area contributed by atoms with Crippen molar-refractivity contribution in [3.63, 3.8) is 0 Å². The number of carbonyl (C=O) groups excluding carboxylic acids is 1. The molecule has 1 saturated heterocycles. The van der Waals surface area contributed by atoms with Gasteiger partial charge < -0.3 is 9.64 Å². The predicted molar refractivity (Wildman–Crippen MR) is 86.5 cm³/mol. The molecule has 1 amide bonds. The van der Waals surface area contributed by atoms with Gasteiger partial charge in [-0.1, -0.05) is 12.1 Å². The highest BCUT2D eigenvalue weighted by atomic mass is 32.2. The lowest BCUT2D eigenvalue weighted by Gasteiger charge is -2.25. The summed E-state index contributed by atoms with van der Waals surface area (Å²) in [5.41, 5.74) is 1.02. The first-order valence-electron chi connectivity index (χ1n) is 7.62. The second-order valence-electron chi connectivity index (χ2n) is 6.94. The first kappa shape index (κ1) is 14.8. The van der Waals surface area contributed by atoms with Gasteiger partial charge >= 0.3 is 0 Å². The van der Waals surface area contributed by atoms with Crippen LogP contribution in [0.1, 0.15) is 44.6 Å². The number of nitrogens with zero attached hydrogens (tertiary/aromatic N) is 1. The van der Waals surface area contributed by atoms with Gasteiger partial charge in [0.25, 0.3) is 0 Å². The highest BCUT2D eigenvalue weighted by Crippen LogP contribution is 2.42. The van der Waals surface area contributed by atoms with Crippen LogP contribution in [0.25, 0.3) is 0 Å². The molecule has 1 heterocycles. The van der Waals surface area contributed by atoms with Crippen LogP contribution >= 0.6 is 11.8 Å². The van der Waals surface area contributed by atoms with Crippen molar-refractivity contribution in [2.45, 2.75) is 44.6 Å². The molecule has 0 bridgehead atoms. The Morgan fingerprint density at radius 1 is 1.24 bits per heavy atom. The zero-order chi connectivity index (χ0) is 15.0. The van der Waals surface area contributed by atoms with Gasteiger partial charge in [0.05, 0.1) is 5.75 Å². The van der Waals surface area contributed by atoms with Crippen LogP contribution in [0.4, 0.5) is 0 Å². The molecule has 21 heavy (non-hydrogen) atoms. The minimum Gasteiger partial charge on any atom is -0.488 e. The van der Waals surface area contributed by atoms with Crippen molar-refractivity contribution in [3.05, 3.63) is 29.8 Å². The topological polar surface area (TPSA) is 29.5 Å². The summed E-state index contributed by atoms with van der Waals surface area (Å²) < 4.78 is 5.85. The zero-order valence-corrected chi connectivity index (χ0v) is 13.8. The summed E-state index contributed by atoms with van der Waals surface area (Å²) in [5, 5.41) is 0.182. The number of hydrogen-bond acceptors (Lipinski definition) is 3. The summed E-state index contributed by atoms with van der Waals surface area (Å²) in [4.78, 5) is 14.1. The van der Waals surface area contributed by atoms with Gasteiger partial charge in [-0.2, -0.15) is 0 Å². The van der Waals surface area contributed by atoms with E-state index in [0.717, 1.165) is 18.2 Å². The lowest BCUT2D eigenvalue weighted by atomic mass is 10.1. The van der Waals surface area contributed by atoms with Crippen LogP contribution in [0.3, 0.4) is 0 Å². The summed E-state index contributed by atoms with van der Waals surface area (Å²) in [6.07, 6.45) is 2.55. The fraction of sp³-hybridized carbons (Fsp3) is 0.588. The average molecular weight is 305 g/mol. The molecule has 1 aliphatic carbocycles. The summed E-state index contributed by atoms with van der Waals surface area (Å²) >= 11 is 1.74. The number of hydrogen-bond donors (Lipinski definition) is 0. The van der Waals surface area contributed by atoms with Crippen LogP contribution in [0.2, 0.25) is 0 Å². The molecular formula is C17H23NO2S. The second kappa shape index (κ2) is 5.56. The zero-order valence-electron chi connectivity index (χ0n) is 13.0. The average Bonchev–Trinajstić information content (AvgIpc) is 3.14. The smallest absolute Gasteiger partial charge is 0.233 e. The molecule has 114 valence electrons. The summed E-state index contributed by atoms with van der Waals surface area (Å²) in [5.74, 6) is 2.51. The van der Waals surface area contributed by atoms with Crippen LogP contribution in [0.15, 0.2) is 24.3 Å². The third-order valence-electron chi connectivity index (χ3n) is 3.71. The van der Waals surface area contributed by atoms with E-state index in [-0.39, 0.29) is 16.9 Å². The highest BCUT2D eigenvalue weighted by molar-refractivity contribution is 8.00. The van der Waals surface area contributed by atoms with Crippen LogP contribution in [0, 0.1) is 5.92 Å². The van der Waals surface area contributed by atoms with Gasteiger partial charge in [0.15, 0.2) is 0 Å². The highest BCUT2D eigenvalue weighted by Gasteiger charge is 2.36. The minimum atomic E-state index is -0.183. The molecule has 3 rings (SSSR count). The molecule has 1 aromatic rings. The van der Waals surface area contributed by atoms with E-state index in [1.807, 2.05) is 32.9 Å². The van der Waals surface area contributed by atoms with Gasteiger partial charge in [-0.25, -0.2) is 0 Å². The van der Waals surface area contributed by atoms with Crippen molar-refractivity contribution in [3.8, 4) is 5.75 Å². The standard InChI is InChI=1S/C17H23NO2S/c1-17(2,3)20-14-8-6-13(7-9-14)16-18(10-12-4-5-12)15(19)11-21-16/h6-9,12,16H,4-5,10-11H2,1-3H3. The largest absolute Gasteiger partial charge is 0.488 e. The van der Waals surface area contributed by atoms with Crippen molar-refractivity contribution in [1.82, 2.24) is 4.90 Å². The maximum Gasteiger partial charge on any atom is 0.233 e. The molecule has 1 saturated carbocycles. The Kier molecular flexibility index (Phi) is 3.91. The quantitative estimate of drug-likeness (QED) is 0.846. The Balaban J connectivity index is 1.71. The van der Waals surface area contributed by atoms with Crippen molar-refractivity contribution in [2.24, 2.45) is 5.92 Å². The Labute approximate surface area is 131 Å². The molecule has 0 aromatic heterocycles. The van der Waals surface area contributed by atoms with E-state index in [1.165, 1.54) is 18.4 Å². The van der Waals surface area contributed by atoms with Gasteiger partial charge in [-0.15, -0.1) is 11.8 Å². The van der Waals surface area contributed by atoms with Gasteiger partial charge in [-0.3, -0.25) is 4.79 Å². The van der Waals surface area contributed by atoms with E-state index in [1.54, 1.807) is 11.8 Å². The van der Waals surface area contributed by atoms with Gasteiger partial charge in [0, 0.05) is 6.54 Å². The van der Waals surface area contributed by atoms with Gasteiger partial charge in [-0.05, 0) is 57.2 Å². The molecule has 0 spiro atoms. The van der Waals surface area contributed by atoms with E-state index >= 15 is 0 Å². The third-order valence-corrected chi connectivity index (χ3v) is 4.97. The van der Waals surface area contributed by atoms with Crippen LogP contribution < -0.4 is 4.74 Å². The van der Waals surface area contributed by atoms with Crippen molar-refractivity contribution in [2.75, 3.05) is 12.3 Å². The number of rotatable bonds is 4. The Bertz CT molecular complexity index is 517. The number of thioether (sulfide) groups is 1. The number of carbonyl (C=O) groups is 1. The number of amides is 1. The third kappa shape index (κ3) is 3.73. The molecule has 1 unspecified atom stereocenters. The van der Waals surface area contributed by atoms with E-state index in [2.05, 4.69) is 17.0 Å². The fourth-order valence-corrected chi connectivity index (χ4v) is 3.76. The summed E-state index contributed by atoms with van der Waals surface area (Å²) in [6, 6.07) is 8.22. The normalized spacial score (nSPS) is 22.7. The lowest BCUT2D eigenvalue weighted by molar-refractivity contribution is -0.128. The second-order valence-corrected chi connectivity index (χ2v) is 8.00. The maximum absolute atomic E-state index is 12.1. The molecule has 2 aliphatic rings. The van der Waals surface area contributed by atoms with E-state index in [4.69, 9.17) is 4.74 Å². The van der Waals surface area contributed by atoms with Crippen molar-refractivity contribution in [1.29, 1.82) is 0 Å². The molecule has 4 heteroatoms. The molecular weight excluding hydrogens is 282 g/mol. The Hall–Kier alpha value is -1.16. The maximum atomic E-state index is 12.1. The van der Waals surface area contributed by atoms with Gasteiger partial charge in [0.1, 0.15) is 16.7 Å². The first-order chi connectivity index (χ1) is 9.92. The first-order valence-corrected chi connectivity index (χ1v) is 8.67. The Morgan fingerprint density at radius 2 is 1.90 bits per heavy atom. The van der Waals surface area contributed by atoms with Crippen molar-refractivity contribution < 1.29 is 9.53 Å². The number of benzene rings is 1. The van der Waals surface area contributed by atoms with Crippen LogP contribution in [0.5, 0.6) is 5.75 Å². The predicted octanol–water partition coefficient (Wildman–Crippen LogP) is 3.85. The van der Waals surface area contributed by atoms with Crippen LogP contribution in [-0.2, 0) is 4.79 Å². The van der Waals surface area contributed by atoms with Crippen molar-refractivity contribution >= 4 is 17.7 Å². The Morgan fingerprint density at radius 3 is 2.48 bits per heavy atom. The van der Waals surface area contributed by atoms with E-state index < -0.39 is 0 Å². The summed E-state index contributed by atoms with van der Waals surface area (Å²) in [6.45, 7) is 7.06. The molecule has 0 radical (unpaired) electrons. The lowest BCUT2D eigenvalue weighted by Crippen LogP contribution is -2.30. The molecule has 1 atom stereocenters.